The summed E-state index contributed by atoms with van der Waals surface area (Å²) in [4.78, 5) is 18.8. The van der Waals surface area contributed by atoms with Crippen LogP contribution >= 0.6 is 0 Å². The summed E-state index contributed by atoms with van der Waals surface area (Å²) in [7, 11) is 0. The summed E-state index contributed by atoms with van der Waals surface area (Å²) in [6.45, 7) is 7.24. The third-order valence-corrected chi connectivity index (χ3v) is 4.22. The molecule has 1 aromatic heterocycles. The summed E-state index contributed by atoms with van der Waals surface area (Å²) in [5.41, 5.74) is 1.90. The Hall–Kier alpha value is -2.21. The highest BCUT2D eigenvalue weighted by Gasteiger charge is 2.31. The van der Waals surface area contributed by atoms with Crippen molar-refractivity contribution in [2.45, 2.75) is 33.0 Å². The number of hydrogen-bond donors (Lipinski definition) is 1. The lowest BCUT2D eigenvalue weighted by atomic mass is 10.0. The van der Waals surface area contributed by atoms with Gasteiger partial charge in [-0.2, -0.15) is 0 Å². The van der Waals surface area contributed by atoms with Crippen LogP contribution in [0.15, 0.2) is 36.8 Å². The summed E-state index contributed by atoms with van der Waals surface area (Å²) >= 11 is 0. The van der Waals surface area contributed by atoms with Crippen LogP contribution in [0, 0.1) is 11.7 Å². The third-order valence-electron chi connectivity index (χ3n) is 4.22. The summed E-state index contributed by atoms with van der Waals surface area (Å²) in [6.07, 6.45) is 3.70. The molecule has 1 atom stereocenters. The average molecular weight is 330 g/mol. The fourth-order valence-electron chi connectivity index (χ4n) is 3.14. The standard InChI is InChI=1S/C18H23FN4O/c1-13(2)10-23-12-20-9-16(23)11-22-8-7-21-18(24)17(22)14-3-5-15(19)6-4-14/h3-6,9,12-13,17H,7-8,10-11H2,1-2H3,(H,21,24). The van der Waals surface area contributed by atoms with Crippen molar-refractivity contribution in [2.24, 2.45) is 5.92 Å². The average Bonchev–Trinajstić information content (AvgIpc) is 2.95. The van der Waals surface area contributed by atoms with Crippen LogP contribution in [0.2, 0.25) is 0 Å². The number of benzene rings is 1. The number of carbonyl (C=O) groups excluding carboxylic acids is 1. The van der Waals surface area contributed by atoms with Crippen LogP contribution in [-0.2, 0) is 17.9 Å². The van der Waals surface area contributed by atoms with Crippen LogP contribution in [0.4, 0.5) is 4.39 Å². The van der Waals surface area contributed by atoms with Gasteiger partial charge >= 0.3 is 0 Å². The fourth-order valence-corrected chi connectivity index (χ4v) is 3.14. The summed E-state index contributed by atoms with van der Waals surface area (Å²) in [6, 6.07) is 5.77. The number of imidazole rings is 1. The molecule has 1 unspecified atom stereocenters. The van der Waals surface area contributed by atoms with Gasteiger partial charge in [0.25, 0.3) is 0 Å². The zero-order chi connectivity index (χ0) is 17.1. The lowest BCUT2D eigenvalue weighted by Gasteiger charge is -2.35. The molecule has 1 fully saturated rings. The van der Waals surface area contributed by atoms with Gasteiger partial charge in [-0.15, -0.1) is 0 Å². The molecule has 0 radical (unpaired) electrons. The minimum Gasteiger partial charge on any atom is -0.353 e. The van der Waals surface area contributed by atoms with E-state index in [1.54, 1.807) is 12.1 Å². The smallest absolute Gasteiger partial charge is 0.242 e. The molecule has 24 heavy (non-hydrogen) atoms. The van der Waals surface area contributed by atoms with Gasteiger partial charge in [0, 0.05) is 32.4 Å². The molecule has 1 aliphatic heterocycles. The Morgan fingerprint density at radius 3 is 2.79 bits per heavy atom. The maximum Gasteiger partial charge on any atom is 0.242 e. The minimum atomic E-state index is -0.401. The normalized spacial score (nSPS) is 18.8. The van der Waals surface area contributed by atoms with Gasteiger partial charge in [0.1, 0.15) is 11.9 Å². The Bertz CT molecular complexity index is 695. The Balaban J connectivity index is 1.83. The van der Waals surface area contributed by atoms with Gasteiger partial charge in [0.05, 0.1) is 12.0 Å². The van der Waals surface area contributed by atoms with E-state index in [0.29, 0.717) is 19.0 Å². The van der Waals surface area contributed by atoms with Gasteiger partial charge < -0.3 is 9.88 Å². The molecule has 128 valence electrons. The lowest BCUT2D eigenvalue weighted by Crippen LogP contribution is -2.49. The lowest BCUT2D eigenvalue weighted by molar-refractivity contribution is -0.129. The van der Waals surface area contributed by atoms with Crippen molar-refractivity contribution in [3.8, 4) is 0 Å². The van der Waals surface area contributed by atoms with Gasteiger partial charge in [-0.05, 0) is 23.6 Å². The highest BCUT2D eigenvalue weighted by Crippen LogP contribution is 2.25. The molecule has 0 aliphatic carbocycles. The minimum absolute atomic E-state index is 0.0391. The molecule has 1 aromatic carbocycles. The van der Waals surface area contributed by atoms with E-state index < -0.39 is 6.04 Å². The number of carbonyl (C=O) groups is 1. The SMILES string of the molecule is CC(C)Cn1cncc1CN1CCNC(=O)C1c1ccc(F)cc1. The third kappa shape index (κ3) is 3.64. The molecule has 1 saturated heterocycles. The highest BCUT2D eigenvalue weighted by atomic mass is 19.1. The van der Waals surface area contributed by atoms with Crippen molar-refractivity contribution < 1.29 is 9.18 Å². The van der Waals surface area contributed by atoms with E-state index in [4.69, 9.17) is 0 Å². The van der Waals surface area contributed by atoms with E-state index >= 15 is 0 Å². The number of amides is 1. The van der Waals surface area contributed by atoms with E-state index in [0.717, 1.165) is 24.3 Å². The Morgan fingerprint density at radius 1 is 1.33 bits per heavy atom. The number of nitrogens with zero attached hydrogens (tertiary/aromatic N) is 3. The number of piperazine rings is 1. The molecule has 1 N–H and O–H groups in total. The zero-order valence-electron chi connectivity index (χ0n) is 14.1. The van der Waals surface area contributed by atoms with Crippen molar-refractivity contribution in [2.75, 3.05) is 13.1 Å². The summed E-state index contributed by atoms with van der Waals surface area (Å²) in [5, 5.41) is 2.90. The molecule has 5 nitrogen and oxygen atoms in total. The predicted molar refractivity (Wildman–Crippen MR) is 89.6 cm³/mol. The zero-order valence-corrected chi connectivity index (χ0v) is 14.1. The van der Waals surface area contributed by atoms with Crippen LogP contribution in [0.1, 0.15) is 31.1 Å². The van der Waals surface area contributed by atoms with Gasteiger partial charge in [0.15, 0.2) is 0 Å². The maximum absolute atomic E-state index is 13.2. The van der Waals surface area contributed by atoms with E-state index in [9.17, 15) is 9.18 Å². The predicted octanol–water partition coefficient (Wildman–Crippen LogP) is 2.35. The molecular formula is C18H23FN4O. The highest BCUT2D eigenvalue weighted by molar-refractivity contribution is 5.83. The van der Waals surface area contributed by atoms with E-state index in [2.05, 4.69) is 33.6 Å². The molecule has 3 rings (SSSR count). The van der Waals surface area contributed by atoms with E-state index in [1.165, 1.54) is 12.1 Å². The fraction of sp³-hybridized carbons (Fsp3) is 0.444. The van der Waals surface area contributed by atoms with Crippen LogP contribution in [0.3, 0.4) is 0 Å². The molecule has 0 spiro atoms. The molecule has 0 bridgehead atoms. The second kappa shape index (κ2) is 7.13. The Kier molecular flexibility index (Phi) is 4.94. The first-order valence-corrected chi connectivity index (χ1v) is 8.31. The van der Waals surface area contributed by atoms with Gasteiger partial charge in [-0.1, -0.05) is 26.0 Å². The van der Waals surface area contributed by atoms with Gasteiger partial charge in [-0.3, -0.25) is 9.69 Å². The first kappa shape index (κ1) is 16.6. The topological polar surface area (TPSA) is 50.2 Å². The molecule has 0 saturated carbocycles. The summed E-state index contributed by atoms with van der Waals surface area (Å²) < 4.78 is 15.3. The monoisotopic (exact) mass is 330 g/mol. The van der Waals surface area contributed by atoms with Crippen LogP contribution in [0.5, 0.6) is 0 Å². The van der Waals surface area contributed by atoms with Crippen molar-refractivity contribution in [3.05, 3.63) is 53.9 Å². The van der Waals surface area contributed by atoms with Crippen molar-refractivity contribution >= 4 is 5.91 Å². The number of rotatable bonds is 5. The van der Waals surface area contributed by atoms with Crippen molar-refractivity contribution in [1.29, 1.82) is 0 Å². The number of halogens is 1. The quantitative estimate of drug-likeness (QED) is 0.915. The number of hydrogen-bond acceptors (Lipinski definition) is 3. The first-order chi connectivity index (χ1) is 11.5. The van der Waals surface area contributed by atoms with Crippen molar-refractivity contribution in [3.63, 3.8) is 0 Å². The van der Waals surface area contributed by atoms with Gasteiger partial charge in [-0.25, -0.2) is 9.37 Å². The molecule has 1 aliphatic rings. The first-order valence-electron chi connectivity index (χ1n) is 8.31. The van der Waals surface area contributed by atoms with E-state index in [1.807, 2.05) is 12.5 Å². The van der Waals surface area contributed by atoms with Crippen LogP contribution < -0.4 is 5.32 Å². The maximum atomic E-state index is 13.2. The number of aromatic nitrogens is 2. The largest absolute Gasteiger partial charge is 0.353 e. The number of nitrogens with one attached hydrogen (secondary N) is 1. The van der Waals surface area contributed by atoms with E-state index in [-0.39, 0.29) is 11.7 Å². The molecule has 1 amide bonds. The van der Waals surface area contributed by atoms with Crippen molar-refractivity contribution in [1.82, 2.24) is 19.8 Å². The second-order valence-corrected chi connectivity index (χ2v) is 6.65. The molecule has 2 heterocycles. The van der Waals surface area contributed by atoms with Crippen LogP contribution in [-0.4, -0.2) is 33.4 Å². The van der Waals surface area contributed by atoms with Gasteiger partial charge in [0.2, 0.25) is 5.91 Å². The van der Waals surface area contributed by atoms with Crippen LogP contribution in [0.25, 0.3) is 0 Å². The summed E-state index contributed by atoms with van der Waals surface area (Å²) in [5.74, 6) is 0.190. The molecule has 6 heteroatoms. The molecule has 2 aromatic rings. The Labute approximate surface area is 141 Å². The molecular weight excluding hydrogens is 307 g/mol. The second-order valence-electron chi connectivity index (χ2n) is 6.65. The Morgan fingerprint density at radius 2 is 2.08 bits per heavy atom.